The molecule has 2 aromatic carbocycles. The van der Waals surface area contributed by atoms with Crippen molar-refractivity contribution >= 4 is 34.4 Å². The molecule has 0 fully saturated rings. The first kappa shape index (κ1) is 14.2. The van der Waals surface area contributed by atoms with Crippen LogP contribution in [-0.2, 0) is 6.54 Å². The minimum Gasteiger partial charge on any atom is -0.408 e. The maximum atomic E-state index is 11.8. The number of urea groups is 1. The van der Waals surface area contributed by atoms with E-state index in [0.717, 1.165) is 5.56 Å². The number of amides is 2. The molecule has 6 nitrogen and oxygen atoms in total. The molecular formula is C15H12ClN3O3. The number of oxazole rings is 1. The molecule has 0 unspecified atom stereocenters. The first-order valence-electron chi connectivity index (χ1n) is 6.52. The van der Waals surface area contributed by atoms with Gasteiger partial charge in [0.15, 0.2) is 5.58 Å². The summed E-state index contributed by atoms with van der Waals surface area (Å²) in [4.78, 5) is 25.5. The monoisotopic (exact) mass is 317 g/mol. The van der Waals surface area contributed by atoms with Crippen molar-refractivity contribution in [1.82, 2.24) is 10.3 Å². The molecule has 0 spiro atoms. The van der Waals surface area contributed by atoms with Crippen LogP contribution < -0.4 is 16.4 Å². The van der Waals surface area contributed by atoms with E-state index < -0.39 is 5.76 Å². The molecule has 2 amide bonds. The van der Waals surface area contributed by atoms with Crippen molar-refractivity contribution in [2.75, 3.05) is 5.32 Å². The van der Waals surface area contributed by atoms with E-state index in [1.54, 1.807) is 42.5 Å². The van der Waals surface area contributed by atoms with Crippen molar-refractivity contribution in [3.05, 3.63) is 63.6 Å². The van der Waals surface area contributed by atoms with Crippen LogP contribution in [0.3, 0.4) is 0 Å². The van der Waals surface area contributed by atoms with Gasteiger partial charge in [-0.15, -0.1) is 0 Å². The summed E-state index contributed by atoms with van der Waals surface area (Å²) in [5.41, 5.74) is 2.58. The SMILES string of the molecule is O=C(NCc1ccc2oc(=O)[nH]c2c1)Nc1ccc(Cl)cc1. The summed E-state index contributed by atoms with van der Waals surface area (Å²) in [5.74, 6) is -0.499. The smallest absolute Gasteiger partial charge is 0.408 e. The first-order valence-corrected chi connectivity index (χ1v) is 6.90. The summed E-state index contributed by atoms with van der Waals surface area (Å²) in [5, 5.41) is 6.03. The third-order valence-corrected chi connectivity index (χ3v) is 3.29. The number of carbonyl (C=O) groups excluding carboxylic acids is 1. The molecule has 1 aromatic heterocycles. The predicted molar refractivity (Wildman–Crippen MR) is 84.1 cm³/mol. The van der Waals surface area contributed by atoms with Gasteiger partial charge in [0.2, 0.25) is 0 Å². The maximum absolute atomic E-state index is 11.8. The van der Waals surface area contributed by atoms with Crippen molar-refractivity contribution in [3.8, 4) is 0 Å². The number of halogens is 1. The zero-order chi connectivity index (χ0) is 15.5. The fourth-order valence-corrected chi connectivity index (χ4v) is 2.13. The minimum atomic E-state index is -0.499. The minimum absolute atomic E-state index is 0.322. The van der Waals surface area contributed by atoms with Gasteiger partial charge in [0.1, 0.15) is 0 Å². The van der Waals surface area contributed by atoms with Crippen LogP contribution in [0.4, 0.5) is 10.5 Å². The predicted octanol–water partition coefficient (Wildman–Crippen LogP) is 3.10. The lowest BCUT2D eigenvalue weighted by Crippen LogP contribution is -2.28. The fraction of sp³-hybridized carbons (Fsp3) is 0.0667. The molecule has 0 bridgehead atoms. The van der Waals surface area contributed by atoms with Gasteiger partial charge < -0.3 is 15.1 Å². The van der Waals surface area contributed by atoms with Crippen LogP contribution in [0, 0.1) is 0 Å². The molecule has 0 saturated carbocycles. The highest BCUT2D eigenvalue weighted by molar-refractivity contribution is 6.30. The Labute approximate surface area is 130 Å². The van der Waals surface area contributed by atoms with Gasteiger partial charge in [-0.05, 0) is 42.0 Å². The highest BCUT2D eigenvalue weighted by Crippen LogP contribution is 2.14. The summed E-state index contributed by atoms with van der Waals surface area (Å²) in [6.07, 6.45) is 0. The number of aromatic nitrogens is 1. The summed E-state index contributed by atoms with van der Waals surface area (Å²) >= 11 is 5.78. The Balaban J connectivity index is 1.61. The van der Waals surface area contributed by atoms with E-state index in [4.69, 9.17) is 16.0 Å². The van der Waals surface area contributed by atoms with E-state index >= 15 is 0 Å². The molecule has 0 atom stereocenters. The van der Waals surface area contributed by atoms with E-state index in [1.165, 1.54) is 0 Å². The Hall–Kier alpha value is -2.73. The molecule has 0 aliphatic rings. The number of anilines is 1. The van der Waals surface area contributed by atoms with E-state index in [-0.39, 0.29) is 6.03 Å². The number of carbonyl (C=O) groups is 1. The number of hydrogen-bond acceptors (Lipinski definition) is 3. The standard InChI is InChI=1S/C15H12ClN3O3/c16-10-2-4-11(5-3-10)18-14(20)17-8-9-1-6-13-12(7-9)19-15(21)22-13/h1-7H,8H2,(H,19,21)(H2,17,18,20). The Morgan fingerprint density at radius 2 is 1.95 bits per heavy atom. The lowest BCUT2D eigenvalue weighted by Gasteiger charge is -2.07. The summed E-state index contributed by atoms with van der Waals surface area (Å²) in [6.45, 7) is 0.322. The molecule has 7 heteroatoms. The average molecular weight is 318 g/mol. The Kier molecular flexibility index (Phi) is 3.84. The largest absolute Gasteiger partial charge is 0.417 e. The Morgan fingerprint density at radius 1 is 1.18 bits per heavy atom. The third kappa shape index (κ3) is 3.29. The second-order valence-corrected chi connectivity index (χ2v) is 5.10. The van der Waals surface area contributed by atoms with Gasteiger partial charge in [-0.2, -0.15) is 0 Å². The molecule has 0 saturated heterocycles. The van der Waals surface area contributed by atoms with Crippen LogP contribution >= 0.6 is 11.6 Å². The average Bonchev–Trinajstić information content (AvgIpc) is 2.87. The van der Waals surface area contributed by atoms with E-state index in [2.05, 4.69) is 15.6 Å². The number of rotatable bonds is 3. The van der Waals surface area contributed by atoms with Crippen LogP contribution in [0.1, 0.15) is 5.56 Å². The van der Waals surface area contributed by atoms with Gasteiger partial charge >= 0.3 is 11.8 Å². The number of fused-ring (bicyclic) bond motifs is 1. The van der Waals surface area contributed by atoms with Gasteiger partial charge in [0.25, 0.3) is 0 Å². The Morgan fingerprint density at radius 3 is 2.73 bits per heavy atom. The van der Waals surface area contributed by atoms with E-state index in [1.807, 2.05) is 0 Å². The third-order valence-electron chi connectivity index (χ3n) is 3.04. The normalized spacial score (nSPS) is 10.6. The van der Waals surface area contributed by atoms with Gasteiger partial charge in [-0.3, -0.25) is 4.98 Å². The van der Waals surface area contributed by atoms with Gasteiger partial charge in [0, 0.05) is 17.3 Å². The number of nitrogens with one attached hydrogen (secondary N) is 3. The lowest BCUT2D eigenvalue weighted by molar-refractivity contribution is 0.251. The lowest BCUT2D eigenvalue weighted by atomic mass is 10.2. The summed E-state index contributed by atoms with van der Waals surface area (Å²) < 4.78 is 4.92. The molecule has 22 heavy (non-hydrogen) atoms. The van der Waals surface area contributed by atoms with Crippen molar-refractivity contribution in [3.63, 3.8) is 0 Å². The maximum Gasteiger partial charge on any atom is 0.417 e. The number of benzene rings is 2. The van der Waals surface area contributed by atoms with Crippen molar-refractivity contribution < 1.29 is 9.21 Å². The van der Waals surface area contributed by atoms with Crippen molar-refractivity contribution in [1.29, 1.82) is 0 Å². The molecule has 0 aliphatic carbocycles. The second kappa shape index (κ2) is 5.95. The van der Waals surface area contributed by atoms with Gasteiger partial charge in [-0.25, -0.2) is 9.59 Å². The van der Waals surface area contributed by atoms with Crippen molar-refractivity contribution in [2.24, 2.45) is 0 Å². The molecule has 0 aliphatic heterocycles. The fourth-order valence-electron chi connectivity index (χ4n) is 2.00. The quantitative estimate of drug-likeness (QED) is 0.693. The highest BCUT2D eigenvalue weighted by Gasteiger charge is 2.04. The molecule has 112 valence electrons. The molecule has 3 N–H and O–H groups in total. The number of aromatic amines is 1. The Bertz CT molecular complexity index is 868. The zero-order valence-electron chi connectivity index (χ0n) is 11.4. The summed E-state index contributed by atoms with van der Waals surface area (Å²) in [7, 11) is 0. The van der Waals surface area contributed by atoms with Gasteiger partial charge in [0.05, 0.1) is 5.52 Å². The highest BCUT2D eigenvalue weighted by atomic mass is 35.5. The van der Waals surface area contributed by atoms with Crippen molar-refractivity contribution in [2.45, 2.75) is 6.54 Å². The van der Waals surface area contributed by atoms with E-state index in [0.29, 0.717) is 28.4 Å². The topological polar surface area (TPSA) is 87.1 Å². The van der Waals surface area contributed by atoms with Crippen LogP contribution in [0.5, 0.6) is 0 Å². The van der Waals surface area contributed by atoms with Crippen LogP contribution in [-0.4, -0.2) is 11.0 Å². The zero-order valence-corrected chi connectivity index (χ0v) is 12.1. The number of hydrogen-bond donors (Lipinski definition) is 3. The molecule has 3 rings (SSSR count). The number of H-pyrrole nitrogens is 1. The van der Waals surface area contributed by atoms with Crippen LogP contribution in [0.2, 0.25) is 5.02 Å². The van der Waals surface area contributed by atoms with Gasteiger partial charge in [-0.1, -0.05) is 17.7 Å². The molecule has 3 aromatic rings. The van der Waals surface area contributed by atoms with Crippen LogP contribution in [0.15, 0.2) is 51.7 Å². The second-order valence-electron chi connectivity index (χ2n) is 4.66. The molecular weight excluding hydrogens is 306 g/mol. The molecule has 0 radical (unpaired) electrons. The van der Waals surface area contributed by atoms with E-state index in [9.17, 15) is 9.59 Å². The van der Waals surface area contributed by atoms with Crippen LogP contribution in [0.25, 0.3) is 11.1 Å². The summed E-state index contributed by atoms with van der Waals surface area (Å²) in [6, 6.07) is 11.7. The molecule has 1 heterocycles. The first-order chi connectivity index (χ1) is 10.6.